The van der Waals surface area contributed by atoms with E-state index >= 15 is 0 Å². The largest absolute Gasteiger partial charge is 0.472 e. The summed E-state index contributed by atoms with van der Waals surface area (Å²) in [6, 6.07) is 9.90. The predicted molar refractivity (Wildman–Crippen MR) is 80.9 cm³/mol. The average Bonchev–Trinajstić information content (AvgIpc) is 2.55. The van der Waals surface area contributed by atoms with Gasteiger partial charge in [0.25, 0.3) is 12.3 Å². The summed E-state index contributed by atoms with van der Waals surface area (Å²) in [7, 11) is 0. The average molecular weight is 322 g/mol. The molecule has 1 amide bonds. The zero-order valence-corrected chi connectivity index (χ0v) is 12.2. The maximum absolute atomic E-state index is 12.1. The van der Waals surface area contributed by atoms with E-state index in [4.69, 9.17) is 9.84 Å². The molecule has 0 aliphatic carbocycles. The maximum Gasteiger partial charge on any atom is 0.272 e. The first kappa shape index (κ1) is 16.8. The van der Waals surface area contributed by atoms with Crippen LogP contribution in [-0.4, -0.2) is 35.6 Å². The Morgan fingerprint density at radius 1 is 1.22 bits per heavy atom. The van der Waals surface area contributed by atoms with Crippen LogP contribution in [0.15, 0.2) is 42.6 Å². The van der Waals surface area contributed by atoms with Gasteiger partial charge in [-0.1, -0.05) is 12.1 Å². The molecule has 2 rings (SSSR count). The van der Waals surface area contributed by atoms with Gasteiger partial charge in [-0.15, -0.1) is 0 Å². The molecule has 7 heteroatoms. The number of ether oxygens (including phenoxy) is 1. The highest BCUT2D eigenvalue weighted by atomic mass is 19.3. The lowest BCUT2D eigenvalue weighted by Gasteiger charge is -2.07. The highest BCUT2D eigenvalue weighted by Gasteiger charge is 2.09. The van der Waals surface area contributed by atoms with Gasteiger partial charge in [0.1, 0.15) is 0 Å². The summed E-state index contributed by atoms with van der Waals surface area (Å²) in [5.74, 6) is -0.331. The van der Waals surface area contributed by atoms with E-state index in [1.807, 2.05) is 12.1 Å². The van der Waals surface area contributed by atoms with Gasteiger partial charge >= 0.3 is 0 Å². The number of nitrogens with zero attached hydrogens (tertiary/aromatic N) is 1. The quantitative estimate of drug-likeness (QED) is 0.822. The van der Waals surface area contributed by atoms with Gasteiger partial charge in [0.15, 0.2) is 6.61 Å². The van der Waals surface area contributed by atoms with Crippen LogP contribution in [0.2, 0.25) is 0 Å². The van der Waals surface area contributed by atoms with Crippen LogP contribution in [0.1, 0.15) is 15.9 Å². The second-order valence-electron chi connectivity index (χ2n) is 4.71. The highest BCUT2D eigenvalue weighted by Crippen LogP contribution is 2.13. The minimum absolute atomic E-state index is 0.0372. The molecule has 0 aliphatic heterocycles. The Balaban J connectivity index is 1.94. The van der Waals surface area contributed by atoms with Crippen LogP contribution in [0.4, 0.5) is 14.5 Å². The Morgan fingerprint density at radius 3 is 2.52 bits per heavy atom. The summed E-state index contributed by atoms with van der Waals surface area (Å²) in [4.78, 5) is 15.9. The van der Waals surface area contributed by atoms with Crippen molar-refractivity contribution < 1.29 is 23.4 Å². The van der Waals surface area contributed by atoms with Crippen LogP contribution >= 0.6 is 0 Å². The summed E-state index contributed by atoms with van der Waals surface area (Å²) in [5.41, 5.74) is 1.86. The van der Waals surface area contributed by atoms with Crippen molar-refractivity contribution in [3.05, 3.63) is 53.7 Å². The lowest BCUT2D eigenvalue weighted by Crippen LogP contribution is -2.13. The number of halogens is 2. The van der Waals surface area contributed by atoms with Gasteiger partial charge in [0, 0.05) is 24.6 Å². The fourth-order valence-corrected chi connectivity index (χ4v) is 1.84. The molecule has 0 saturated carbocycles. The van der Waals surface area contributed by atoms with Crippen molar-refractivity contribution >= 4 is 11.6 Å². The molecule has 2 N–H and O–H groups in total. The molecule has 0 aliphatic rings. The van der Waals surface area contributed by atoms with E-state index < -0.39 is 13.0 Å². The van der Waals surface area contributed by atoms with Gasteiger partial charge < -0.3 is 15.2 Å². The van der Waals surface area contributed by atoms with Crippen LogP contribution in [0.5, 0.6) is 5.88 Å². The number of aliphatic hydroxyl groups excluding tert-OH is 1. The van der Waals surface area contributed by atoms with Gasteiger partial charge in [-0.05, 0) is 30.2 Å². The molecular weight excluding hydrogens is 306 g/mol. The van der Waals surface area contributed by atoms with Gasteiger partial charge in [-0.2, -0.15) is 0 Å². The smallest absolute Gasteiger partial charge is 0.272 e. The minimum Gasteiger partial charge on any atom is -0.472 e. The molecule has 0 bridgehead atoms. The van der Waals surface area contributed by atoms with Crippen molar-refractivity contribution in [3.8, 4) is 5.88 Å². The van der Waals surface area contributed by atoms with E-state index in [1.54, 1.807) is 12.1 Å². The minimum atomic E-state index is -2.58. The molecule has 122 valence electrons. The third-order valence-corrected chi connectivity index (χ3v) is 2.97. The first-order chi connectivity index (χ1) is 11.1. The molecule has 0 fully saturated rings. The third-order valence-electron chi connectivity index (χ3n) is 2.97. The molecular formula is C16H16F2N2O3. The predicted octanol–water partition coefficient (Wildman–Crippen LogP) is 2.51. The summed E-state index contributed by atoms with van der Waals surface area (Å²) < 4.78 is 28.8. The van der Waals surface area contributed by atoms with Crippen LogP contribution in [0, 0.1) is 0 Å². The highest BCUT2D eigenvalue weighted by molar-refractivity contribution is 6.04. The number of aromatic nitrogens is 1. The van der Waals surface area contributed by atoms with Crippen LogP contribution in [0.25, 0.3) is 0 Å². The molecule has 0 radical (unpaired) electrons. The van der Waals surface area contributed by atoms with Crippen molar-refractivity contribution in [2.24, 2.45) is 0 Å². The first-order valence-electron chi connectivity index (χ1n) is 6.96. The number of carbonyl (C=O) groups is 1. The maximum atomic E-state index is 12.1. The summed E-state index contributed by atoms with van der Waals surface area (Å²) in [5, 5.41) is 11.5. The lowest BCUT2D eigenvalue weighted by molar-refractivity contribution is 0.0795. The molecule has 1 aromatic heterocycles. The Kier molecular flexibility index (Phi) is 5.99. The molecule has 0 unspecified atom stereocenters. The van der Waals surface area contributed by atoms with Crippen LogP contribution in [0.3, 0.4) is 0 Å². The number of anilines is 1. The Hall–Kier alpha value is -2.54. The molecule has 1 aromatic carbocycles. The fourth-order valence-electron chi connectivity index (χ4n) is 1.84. The van der Waals surface area contributed by atoms with Gasteiger partial charge in [0.05, 0.1) is 5.56 Å². The first-order valence-corrected chi connectivity index (χ1v) is 6.96. The number of alkyl halides is 2. The standard InChI is InChI=1S/C16H16F2N2O3/c17-14(18)10-23-15-6-3-12(9-19-15)16(22)20-13-4-1-11(2-5-13)7-8-21/h1-6,9,14,21H,7-8,10H2,(H,20,22). The zero-order chi connectivity index (χ0) is 16.7. The van der Waals surface area contributed by atoms with Gasteiger partial charge in [-0.25, -0.2) is 13.8 Å². The number of benzene rings is 1. The second kappa shape index (κ2) is 8.19. The van der Waals surface area contributed by atoms with Crippen LogP contribution < -0.4 is 10.1 Å². The lowest BCUT2D eigenvalue weighted by atomic mass is 10.1. The number of hydrogen-bond donors (Lipinski definition) is 2. The van der Waals surface area contributed by atoms with Gasteiger partial charge in [-0.3, -0.25) is 4.79 Å². The molecule has 2 aromatic rings. The van der Waals surface area contributed by atoms with Crippen molar-refractivity contribution in [1.29, 1.82) is 0 Å². The molecule has 0 atom stereocenters. The molecule has 1 heterocycles. The van der Waals surface area contributed by atoms with E-state index in [0.29, 0.717) is 12.1 Å². The molecule has 0 saturated heterocycles. The Bertz CT molecular complexity index is 631. The number of amides is 1. The molecule has 5 nitrogen and oxygen atoms in total. The third kappa shape index (κ3) is 5.30. The van der Waals surface area contributed by atoms with Crippen molar-refractivity contribution in [2.45, 2.75) is 12.8 Å². The number of aliphatic hydroxyl groups is 1. The van der Waals surface area contributed by atoms with E-state index in [0.717, 1.165) is 5.56 Å². The van der Waals surface area contributed by atoms with Crippen molar-refractivity contribution in [2.75, 3.05) is 18.5 Å². The van der Waals surface area contributed by atoms with Gasteiger partial charge in [0.2, 0.25) is 5.88 Å². The molecule has 0 spiro atoms. The number of hydrogen-bond acceptors (Lipinski definition) is 4. The SMILES string of the molecule is O=C(Nc1ccc(CCO)cc1)c1ccc(OCC(F)F)nc1. The Labute approximate surface area is 131 Å². The van der Waals surface area contributed by atoms with E-state index in [2.05, 4.69) is 10.3 Å². The van der Waals surface area contributed by atoms with E-state index in [9.17, 15) is 13.6 Å². The van der Waals surface area contributed by atoms with Crippen LogP contribution in [-0.2, 0) is 6.42 Å². The zero-order valence-electron chi connectivity index (χ0n) is 12.2. The normalized spacial score (nSPS) is 10.6. The topological polar surface area (TPSA) is 71.5 Å². The number of carbonyl (C=O) groups excluding carboxylic acids is 1. The molecule has 23 heavy (non-hydrogen) atoms. The summed E-state index contributed by atoms with van der Waals surface area (Å²) in [6.45, 7) is -0.671. The van der Waals surface area contributed by atoms with Crippen molar-refractivity contribution in [1.82, 2.24) is 4.98 Å². The summed E-state index contributed by atoms with van der Waals surface area (Å²) >= 11 is 0. The monoisotopic (exact) mass is 322 g/mol. The number of pyridine rings is 1. The number of rotatable bonds is 7. The second-order valence-corrected chi connectivity index (χ2v) is 4.71. The van der Waals surface area contributed by atoms with E-state index in [1.165, 1.54) is 18.3 Å². The van der Waals surface area contributed by atoms with E-state index in [-0.39, 0.29) is 24.0 Å². The number of nitrogens with one attached hydrogen (secondary N) is 1. The fraction of sp³-hybridized carbons (Fsp3) is 0.250. The van der Waals surface area contributed by atoms with Crippen molar-refractivity contribution in [3.63, 3.8) is 0 Å². The summed E-state index contributed by atoms with van der Waals surface area (Å²) in [6.07, 6.45) is -0.761. The Morgan fingerprint density at radius 2 is 1.96 bits per heavy atom.